The molecule has 0 heterocycles. The molecule has 2 N–H and O–H groups in total. The minimum atomic E-state index is -0.854. The molecule has 2 aromatic rings. The molecular formula is C18H17ClN2O4. The Morgan fingerprint density at radius 1 is 1.00 bits per heavy atom. The van der Waals surface area contributed by atoms with Gasteiger partial charge in [0, 0.05) is 11.6 Å². The van der Waals surface area contributed by atoms with E-state index in [2.05, 4.69) is 15.4 Å². The quantitative estimate of drug-likeness (QED) is 0.633. The third kappa shape index (κ3) is 5.32. The predicted octanol–water partition coefficient (Wildman–Crippen LogP) is 2.42. The molecule has 0 aliphatic rings. The van der Waals surface area contributed by atoms with Crippen molar-refractivity contribution in [1.29, 1.82) is 0 Å². The van der Waals surface area contributed by atoms with E-state index in [4.69, 9.17) is 11.6 Å². The van der Waals surface area contributed by atoms with Crippen molar-refractivity contribution in [2.75, 3.05) is 19.0 Å². The second-order valence-corrected chi connectivity index (χ2v) is 5.56. The molecule has 0 atom stereocenters. The minimum absolute atomic E-state index is 0.173. The fourth-order valence-electron chi connectivity index (χ4n) is 2.11. The lowest BCUT2D eigenvalue weighted by Crippen LogP contribution is -2.36. The van der Waals surface area contributed by atoms with Gasteiger partial charge in [-0.3, -0.25) is 9.59 Å². The Morgan fingerprint density at radius 2 is 1.68 bits per heavy atom. The number of carbonyl (C=O) groups excluding carboxylic acids is 3. The van der Waals surface area contributed by atoms with Crippen molar-refractivity contribution in [2.24, 2.45) is 0 Å². The standard InChI is InChI=1S/C18H17ClN2O4/c1-25-18(24)14-4-2-3-5-15(14)21-17(23)16(22)20-11-10-12-6-8-13(19)9-7-12/h2-9H,10-11H2,1H3,(H,20,22)(H,21,23). The number of amides is 2. The number of anilines is 1. The number of ether oxygens (including phenoxy) is 1. The Balaban J connectivity index is 1.89. The lowest BCUT2D eigenvalue weighted by molar-refractivity contribution is -0.136. The summed E-state index contributed by atoms with van der Waals surface area (Å²) < 4.78 is 4.64. The zero-order chi connectivity index (χ0) is 18.2. The number of halogens is 1. The van der Waals surface area contributed by atoms with Crippen molar-refractivity contribution >= 4 is 35.1 Å². The van der Waals surface area contributed by atoms with Crippen molar-refractivity contribution in [1.82, 2.24) is 5.32 Å². The topological polar surface area (TPSA) is 84.5 Å². The summed E-state index contributed by atoms with van der Waals surface area (Å²) >= 11 is 5.80. The van der Waals surface area contributed by atoms with Crippen molar-refractivity contribution in [3.8, 4) is 0 Å². The lowest BCUT2D eigenvalue weighted by Gasteiger charge is -2.10. The van der Waals surface area contributed by atoms with Crippen LogP contribution >= 0.6 is 11.6 Å². The van der Waals surface area contributed by atoms with Crippen molar-refractivity contribution in [3.05, 3.63) is 64.7 Å². The Kier molecular flexibility index (Phi) is 6.54. The normalized spacial score (nSPS) is 10.0. The summed E-state index contributed by atoms with van der Waals surface area (Å²) in [6.07, 6.45) is 0.564. The Labute approximate surface area is 150 Å². The van der Waals surface area contributed by atoms with E-state index in [0.29, 0.717) is 18.0 Å². The monoisotopic (exact) mass is 360 g/mol. The molecule has 0 saturated heterocycles. The van der Waals surface area contributed by atoms with Gasteiger partial charge in [-0.2, -0.15) is 0 Å². The maximum Gasteiger partial charge on any atom is 0.339 e. The molecular weight excluding hydrogens is 344 g/mol. The van der Waals surface area contributed by atoms with E-state index in [-0.39, 0.29) is 11.3 Å². The van der Waals surface area contributed by atoms with Crippen LogP contribution in [0.4, 0.5) is 5.69 Å². The highest BCUT2D eigenvalue weighted by molar-refractivity contribution is 6.40. The number of methoxy groups -OCH3 is 1. The van der Waals surface area contributed by atoms with E-state index in [0.717, 1.165) is 5.56 Å². The highest BCUT2D eigenvalue weighted by Crippen LogP contribution is 2.15. The molecule has 130 valence electrons. The third-order valence-corrected chi connectivity index (χ3v) is 3.65. The van der Waals surface area contributed by atoms with Gasteiger partial charge in [-0.05, 0) is 36.2 Å². The predicted molar refractivity (Wildman–Crippen MR) is 94.6 cm³/mol. The molecule has 2 aromatic carbocycles. The summed E-state index contributed by atoms with van der Waals surface area (Å²) in [5.41, 5.74) is 1.38. The molecule has 0 aromatic heterocycles. The van der Waals surface area contributed by atoms with Crippen molar-refractivity contribution in [3.63, 3.8) is 0 Å². The Morgan fingerprint density at radius 3 is 2.36 bits per heavy atom. The van der Waals surface area contributed by atoms with Crippen LogP contribution in [0, 0.1) is 0 Å². The first kappa shape index (κ1) is 18.5. The average Bonchev–Trinajstić information content (AvgIpc) is 2.63. The van der Waals surface area contributed by atoms with Gasteiger partial charge in [0.2, 0.25) is 0 Å². The minimum Gasteiger partial charge on any atom is -0.465 e. The number of nitrogens with one attached hydrogen (secondary N) is 2. The molecule has 0 aliphatic heterocycles. The fourth-order valence-corrected chi connectivity index (χ4v) is 2.24. The first-order chi connectivity index (χ1) is 12.0. The number of hydrogen-bond acceptors (Lipinski definition) is 4. The molecule has 0 fully saturated rings. The zero-order valence-electron chi connectivity index (χ0n) is 13.5. The lowest BCUT2D eigenvalue weighted by atomic mass is 10.1. The van der Waals surface area contributed by atoms with Crippen LogP contribution in [-0.2, 0) is 20.7 Å². The number of carbonyl (C=O) groups is 3. The molecule has 6 nitrogen and oxygen atoms in total. The summed E-state index contributed by atoms with van der Waals surface area (Å²) in [5.74, 6) is -2.24. The molecule has 0 spiro atoms. The summed E-state index contributed by atoms with van der Waals surface area (Å²) in [6.45, 7) is 0.298. The first-order valence-electron chi connectivity index (χ1n) is 7.52. The Hall–Kier alpha value is -2.86. The third-order valence-electron chi connectivity index (χ3n) is 3.40. The second kappa shape index (κ2) is 8.84. The molecule has 0 aliphatic carbocycles. The van der Waals surface area contributed by atoms with Crippen LogP contribution in [0.3, 0.4) is 0 Å². The number of benzene rings is 2. The smallest absolute Gasteiger partial charge is 0.339 e. The number of para-hydroxylation sites is 1. The van der Waals surface area contributed by atoms with Crippen LogP contribution in [0.15, 0.2) is 48.5 Å². The van der Waals surface area contributed by atoms with Crippen LogP contribution < -0.4 is 10.6 Å². The Bertz CT molecular complexity index is 775. The molecule has 2 rings (SSSR count). The number of esters is 1. The first-order valence-corrected chi connectivity index (χ1v) is 7.90. The largest absolute Gasteiger partial charge is 0.465 e. The average molecular weight is 361 g/mol. The number of hydrogen-bond donors (Lipinski definition) is 2. The van der Waals surface area contributed by atoms with Gasteiger partial charge in [-0.15, -0.1) is 0 Å². The number of rotatable bonds is 5. The molecule has 0 unspecified atom stereocenters. The highest BCUT2D eigenvalue weighted by atomic mass is 35.5. The zero-order valence-corrected chi connectivity index (χ0v) is 14.3. The van der Waals surface area contributed by atoms with Crippen LogP contribution in [0.25, 0.3) is 0 Å². The summed E-state index contributed by atoms with van der Waals surface area (Å²) in [5, 5.41) is 5.58. The fraction of sp³-hybridized carbons (Fsp3) is 0.167. The van der Waals surface area contributed by atoms with E-state index >= 15 is 0 Å². The maximum atomic E-state index is 12.0. The van der Waals surface area contributed by atoms with Gasteiger partial charge >= 0.3 is 17.8 Å². The van der Waals surface area contributed by atoms with Gasteiger partial charge < -0.3 is 15.4 Å². The van der Waals surface area contributed by atoms with E-state index in [1.54, 1.807) is 24.3 Å². The molecule has 2 amide bonds. The van der Waals surface area contributed by atoms with Crippen LogP contribution in [-0.4, -0.2) is 31.4 Å². The second-order valence-electron chi connectivity index (χ2n) is 5.12. The molecule has 7 heteroatoms. The summed E-state index contributed by atoms with van der Waals surface area (Å²) in [7, 11) is 1.24. The molecule has 0 radical (unpaired) electrons. The van der Waals surface area contributed by atoms with Gasteiger partial charge in [0.05, 0.1) is 18.4 Å². The van der Waals surface area contributed by atoms with Gasteiger partial charge in [0.25, 0.3) is 0 Å². The summed E-state index contributed by atoms with van der Waals surface area (Å²) in [4.78, 5) is 35.5. The van der Waals surface area contributed by atoms with E-state index in [9.17, 15) is 14.4 Å². The molecule has 0 saturated carbocycles. The van der Waals surface area contributed by atoms with E-state index in [1.165, 1.54) is 19.2 Å². The van der Waals surface area contributed by atoms with Gasteiger partial charge in [-0.25, -0.2) is 4.79 Å². The van der Waals surface area contributed by atoms with Crippen LogP contribution in [0.5, 0.6) is 0 Å². The van der Waals surface area contributed by atoms with Crippen LogP contribution in [0.2, 0.25) is 5.02 Å². The van der Waals surface area contributed by atoms with Crippen molar-refractivity contribution < 1.29 is 19.1 Å². The molecule has 25 heavy (non-hydrogen) atoms. The van der Waals surface area contributed by atoms with Gasteiger partial charge in [-0.1, -0.05) is 35.9 Å². The van der Waals surface area contributed by atoms with Gasteiger partial charge in [0.15, 0.2) is 0 Å². The summed E-state index contributed by atoms with van der Waals surface area (Å²) in [6, 6.07) is 13.5. The maximum absolute atomic E-state index is 12.0. The molecule has 0 bridgehead atoms. The van der Waals surface area contributed by atoms with Gasteiger partial charge in [0.1, 0.15) is 0 Å². The SMILES string of the molecule is COC(=O)c1ccccc1NC(=O)C(=O)NCCc1ccc(Cl)cc1. The van der Waals surface area contributed by atoms with E-state index < -0.39 is 17.8 Å². The van der Waals surface area contributed by atoms with Crippen LogP contribution in [0.1, 0.15) is 15.9 Å². The highest BCUT2D eigenvalue weighted by Gasteiger charge is 2.17. The van der Waals surface area contributed by atoms with Crippen molar-refractivity contribution in [2.45, 2.75) is 6.42 Å². The van der Waals surface area contributed by atoms with E-state index in [1.807, 2.05) is 12.1 Å².